The molecule has 0 saturated carbocycles. The zero-order chi connectivity index (χ0) is 16.4. The molecule has 115 valence electrons. The van der Waals surface area contributed by atoms with Crippen molar-refractivity contribution >= 4 is 11.8 Å². The Kier molecular flexibility index (Phi) is 4.12. The van der Waals surface area contributed by atoms with E-state index in [1.54, 1.807) is 25.1 Å². The predicted molar refractivity (Wildman–Crippen MR) is 87.5 cm³/mol. The highest BCUT2D eigenvalue weighted by Gasteiger charge is 2.20. The number of rotatable bonds is 3. The molecule has 3 rings (SSSR count). The van der Waals surface area contributed by atoms with Gasteiger partial charge in [-0.3, -0.25) is 5.11 Å². The molecule has 0 unspecified atom stereocenters. The van der Waals surface area contributed by atoms with Crippen molar-refractivity contribution in [1.82, 2.24) is 0 Å². The second-order valence-corrected chi connectivity index (χ2v) is 6.02. The second-order valence-electron chi connectivity index (χ2n) is 4.93. The van der Waals surface area contributed by atoms with Gasteiger partial charge in [0.05, 0.1) is 5.56 Å². The molecule has 3 aromatic rings. The Hall–Kier alpha value is -2.66. The maximum Gasteiger partial charge on any atom is 0.354 e. The van der Waals surface area contributed by atoms with Gasteiger partial charge in [-0.15, -0.1) is 0 Å². The largest absolute Gasteiger partial charge is 0.506 e. The molecule has 0 aliphatic carbocycles. The standard InChI is InChI=1S/C18H13O4S/c1-11-15(20)17(23-12-7-3-2-4-8-12)18(21)22-16(11)13-9-5-6-10-14(13)19/h2-10,20H,1H3. The van der Waals surface area contributed by atoms with Crippen LogP contribution in [-0.2, 0) is 5.11 Å². The molecule has 0 saturated heterocycles. The molecule has 0 aliphatic rings. The third-order valence-corrected chi connectivity index (χ3v) is 4.46. The van der Waals surface area contributed by atoms with Crippen molar-refractivity contribution in [2.45, 2.75) is 16.7 Å². The Morgan fingerprint density at radius 3 is 2.35 bits per heavy atom. The van der Waals surface area contributed by atoms with Gasteiger partial charge in [0.25, 0.3) is 0 Å². The molecular weight excluding hydrogens is 312 g/mol. The topological polar surface area (TPSA) is 70.3 Å². The SMILES string of the molecule is Cc1c(-c2ccccc2[O])oc(=O)c(Sc2ccccc2)c1O. The fraction of sp³-hybridized carbons (Fsp3) is 0.0556. The Labute approximate surface area is 137 Å². The second kappa shape index (κ2) is 6.22. The van der Waals surface area contributed by atoms with Crippen molar-refractivity contribution < 1.29 is 14.6 Å². The molecule has 1 radical (unpaired) electrons. The van der Waals surface area contributed by atoms with Gasteiger partial charge in [-0.1, -0.05) is 42.1 Å². The summed E-state index contributed by atoms with van der Waals surface area (Å²) >= 11 is 1.13. The molecule has 1 N–H and O–H groups in total. The smallest absolute Gasteiger partial charge is 0.354 e. The molecule has 1 aromatic heterocycles. The van der Waals surface area contributed by atoms with Crippen molar-refractivity contribution in [3.05, 3.63) is 70.6 Å². The molecule has 1 heterocycles. The van der Waals surface area contributed by atoms with Gasteiger partial charge in [0, 0.05) is 10.5 Å². The highest BCUT2D eigenvalue weighted by atomic mass is 32.2. The molecule has 0 fully saturated rings. The summed E-state index contributed by atoms with van der Waals surface area (Å²) in [5.74, 6) is -0.314. The van der Waals surface area contributed by atoms with Gasteiger partial charge in [0.1, 0.15) is 16.4 Å². The number of aromatic hydroxyl groups is 1. The van der Waals surface area contributed by atoms with Crippen molar-refractivity contribution in [2.75, 3.05) is 0 Å². The van der Waals surface area contributed by atoms with E-state index in [9.17, 15) is 15.0 Å². The summed E-state index contributed by atoms with van der Waals surface area (Å²) in [6.45, 7) is 1.62. The van der Waals surface area contributed by atoms with Crippen LogP contribution in [0, 0.1) is 6.92 Å². The number of benzene rings is 2. The molecule has 0 spiro atoms. The highest BCUT2D eigenvalue weighted by molar-refractivity contribution is 7.99. The van der Waals surface area contributed by atoms with Gasteiger partial charge in [0.15, 0.2) is 5.75 Å². The van der Waals surface area contributed by atoms with Gasteiger partial charge < -0.3 is 9.52 Å². The van der Waals surface area contributed by atoms with E-state index >= 15 is 0 Å². The zero-order valence-electron chi connectivity index (χ0n) is 12.3. The Balaban J connectivity index is 2.11. The lowest BCUT2D eigenvalue weighted by molar-refractivity contribution is 0.354. The van der Waals surface area contributed by atoms with E-state index in [0.29, 0.717) is 5.56 Å². The molecule has 0 amide bonds. The summed E-state index contributed by atoms with van der Waals surface area (Å²) < 4.78 is 5.32. The Morgan fingerprint density at radius 1 is 1.00 bits per heavy atom. The van der Waals surface area contributed by atoms with Gasteiger partial charge in [-0.25, -0.2) is 4.79 Å². The van der Waals surface area contributed by atoms with Crippen molar-refractivity contribution in [2.24, 2.45) is 0 Å². The lowest BCUT2D eigenvalue weighted by Crippen LogP contribution is -2.05. The fourth-order valence-corrected chi connectivity index (χ4v) is 3.10. The predicted octanol–water partition coefficient (Wildman–Crippen LogP) is 4.62. The molecule has 0 aliphatic heterocycles. The van der Waals surface area contributed by atoms with Gasteiger partial charge in [0.2, 0.25) is 0 Å². The molecule has 23 heavy (non-hydrogen) atoms. The number of hydrogen-bond acceptors (Lipinski definition) is 4. The molecule has 4 nitrogen and oxygen atoms in total. The van der Waals surface area contributed by atoms with Crippen LogP contribution in [-0.4, -0.2) is 5.11 Å². The summed E-state index contributed by atoms with van der Waals surface area (Å²) in [5, 5.41) is 22.3. The summed E-state index contributed by atoms with van der Waals surface area (Å²) in [6.07, 6.45) is 0. The van der Waals surface area contributed by atoms with E-state index in [4.69, 9.17) is 4.42 Å². The van der Waals surface area contributed by atoms with Crippen LogP contribution < -0.4 is 5.63 Å². The first-order valence-electron chi connectivity index (χ1n) is 6.94. The third-order valence-electron chi connectivity index (χ3n) is 3.39. The minimum Gasteiger partial charge on any atom is -0.506 e. The minimum absolute atomic E-state index is 0.107. The first-order valence-corrected chi connectivity index (χ1v) is 7.75. The van der Waals surface area contributed by atoms with Crippen LogP contribution in [0.4, 0.5) is 0 Å². The highest BCUT2D eigenvalue weighted by Crippen LogP contribution is 2.39. The number of para-hydroxylation sites is 1. The van der Waals surface area contributed by atoms with Crippen LogP contribution in [0.2, 0.25) is 0 Å². The van der Waals surface area contributed by atoms with Crippen LogP contribution in [0.1, 0.15) is 5.56 Å². The van der Waals surface area contributed by atoms with E-state index in [1.807, 2.05) is 30.3 Å². The summed E-state index contributed by atoms with van der Waals surface area (Å²) in [7, 11) is 0. The van der Waals surface area contributed by atoms with E-state index in [1.165, 1.54) is 6.07 Å². The molecule has 5 heteroatoms. The Bertz CT molecular complexity index is 901. The molecule has 0 atom stereocenters. The van der Waals surface area contributed by atoms with E-state index in [2.05, 4.69) is 0 Å². The quantitative estimate of drug-likeness (QED) is 0.763. The lowest BCUT2D eigenvalue weighted by Gasteiger charge is -2.10. The average Bonchev–Trinajstić information content (AvgIpc) is 2.57. The van der Waals surface area contributed by atoms with E-state index < -0.39 is 5.63 Å². The normalized spacial score (nSPS) is 10.7. The maximum atomic E-state index is 12.3. The summed E-state index contributed by atoms with van der Waals surface area (Å²) in [6, 6.07) is 15.5. The van der Waals surface area contributed by atoms with Gasteiger partial charge in [-0.2, -0.15) is 0 Å². The average molecular weight is 325 g/mol. The van der Waals surface area contributed by atoms with Crippen LogP contribution in [0.3, 0.4) is 0 Å². The lowest BCUT2D eigenvalue weighted by atomic mass is 10.1. The van der Waals surface area contributed by atoms with E-state index in [-0.39, 0.29) is 27.7 Å². The minimum atomic E-state index is -0.666. The van der Waals surface area contributed by atoms with Gasteiger partial charge >= 0.3 is 5.63 Å². The molecular formula is C18H13O4S. The Morgan fingerprint density at radius 2 is 1.65 bits per heavy atom. The van der Waals surface area contributed by atoms with Crippen LogP contribution in [0.15, 0.2) is 73.6 Å². The first kappa shape index (κ1) is 15.2. The molecule has 0 bridgehead atoms. The fourth-order valence-electron chi connectivity index (χ4n) is 2.20. The molecule has 2 aromatic carbocycles. The zero-order valence-corrected chi connectivity index (χ0v) is 13.1. The van der Waals surface area contributed by atoms with Crippen molar-refractivity contribution in [1.29, 1.82) is 0 Å². The van der Waals surface area contributed by atoms with Crippen LogP contribution in [0.5, 0.6) is 11.5 Å². The van der Waals surface area contributed by atoms with E-state index in [0.717, 1.165) is 16.7 Å². The van der Waals surface area contributed by atoms with Crippen LogP contribution in [0.25, 0.3) is 11.3 Å². The van der Waals surface area contributed by atoms with Crippen molar-refractivity contribution in [3.8, 4) is 22.8 Å². The summed E-state index contributed by atoms with van der Waals surface area (Å²) in [5.41, 5.74) is -0.0415. The maximum absolute atomic E-state index is 12.3. The van der Waals surface area contributed by atoms with Crippen molar-refractivity contribution in [3.63, 3.8) is 0 Å². The number of hydrogen-bond donors (Lipinski definition) is 1. The van der Waals surface area contributed by atoms with Gasteiger partial charge in [-0.05, 0) is 31.2 Å². The third kappa shape index (κ3) is 2.96. The summed E-state index contributed by atoms with van der Waals surface area (Å²) in [4.78, 5) is 13.2. The van der Waals surface area contributed by atoms with Crippen LogP contribution >= 0.6 is 11.8 Å². The first-order chi connectivity index (χ1) is 11.1. The monoisotopic (exact) mass is 325 g/mol.